The van der Waals surface area contributed by atoms with Crippen LogP contribution in [0, 0.1) is 40.0 Å². The number of aryl methyl sites for hydroxylation is 5. The zero-order valence-corrected chi connectivity index (χ0v) is 88.7. The molecular weight excluding hydrogens is 1520 g/mol. The lowest BCUT2D eigenvalue weighted by atomic mass is 9.90. The lowest BCUT2D eigenvalue weighted by molar-refractivity contribution is -0.0180. The molecule has 1 saturated carbocycles. The van der Waals surface area contributed by atoms with Crippen LogP contribution in [0.2, 0.25) is 0 Å². The Kier molecular flexibility index (Phi) is 52.5. The van der Waals surface area contributed by atoms with Crippen LogP contribution < -0.4 is 37.2 Å². The van der Waals surface area contributed by atoms with Gasteiger partial charge in [-0.05, 0) is 302 Å². The van der Waals surface area contributed by atoms with E-state index in [1.807, 2.05) is 13.8 Å². The lowest BCUT2D eigenvalue weighted by Gasteiger charge is -2.36. The molecule has 7 N–H and O–H groups in total. The van der Waals surface area contributed by atoms with E-state index < -0.39 is 0 Å². The first-order valence-electron chi connectivity index (χ1n) is 48.3. The van der Waals surface area contributed by atoms with Crippen molar-refractivity contribution in [2.75, 3.05) is 149 Å². The van der Waals surface area contributed by atoms with E-state index in [0.717, 1.165) is 58.5 Å². The summed E-state index contributed by atoms with van der Waals surface area (Å²) >= 11 is 0. The number of anilines is 1. The summed E-state index contributed by atoms with van der Waals surface area (Å²) in [7, 11) is 0. The van der Waals surface area contributed by atoms with E-state index in [9.17, 15) is 0 Å². The molecule has 4 aliphatic rings. The number of nitrogens with one attached hydrogen (secondary N) is 7. The predicted molar refractivity (Wildman–Crippen MR) is 549 cm³/mol. The molecule has 0 unspecified atom stereocenters. The summed E-state index contributed by atoms with van der Waals surface area (Å²) in [5, 5.41) is 25.0. The molecule has 3 saturated heterocycles. The molecule has 1 aliphatic carbocycles. The van der Waals surface area contributed by atoms with Crippen molar-refractivity contribution in [1.82, 2.24) is 61.3 Å². The van der Waals surface area contributed by atoms with Gasteiger partial charge < -0.3 is 51.6 Å². The van der Waals surface area contributed by atoms with E-state index in [-0.39, 0.29) is 55.5 Å². The summed E-state index contributed by atoms with van der Waals surface area (Å²) in [6.07, 6.45) is 2.54. The summed E-state index contributed by atoms with van der Waals surface area (Å²) in [6.45, 7) is 114. The second-order valence-corrected chi connectivity index (χ2v) is 45.8. The summed E-state index contributed by atoms with van der Waals surface area (Å²) in [5.41, 5.74) is 14.9. The van der Waals surface area contributed by atoms with Crippen LogP contribution in [0.25, 0.3) is 0 Å². The number of hydrogen-bond donors (Lipinski definition) is 7. The zero-order chi connectivity index (χ0) is 94.9. The number of hydrogen-bond acceptors (Lipinski definition) is 15. The average molecular weight is 1730 g/mol. The maximum Gasteiger partial charge on any atom is 0.0600 e. The van der Waals surface area contributed by atoms with Crippen LogP contribution in [0.1, 0.15) is 324 Å². The van der Waals surface area contributed by atoms with Gasteiger partial charge in [0, 0.05) is 192 Å². The van der Waals surface area contributed by atoms with Crippen molar-refractivity contribution in [3.05, 3.63) is 171 Å². The van der Waals surface area contributed by atoms with Gasteiger partial charge in [-0.2, -0.15) is 0 Å². The van der Waals surface area contributed by atoms with Crippen LogP contribution in [0.5, 0.6) is 0 Å². The van der Waals surface area contributed by atoms with Crippen LogP contribution in [0.15, 0.2) is 121 Å². The minimum absolute atomic E-state index is 0.0133. The maximum absolute atomic E-state index is 5.80. The predicted octanol–water partition coefficient (Wildman–Crippen LogP) is 23.0. The summed E-state index contributed by atoms with van der Waals surface area (Å²) in [5.74, 6) is 0. The molecule has 3 aliphatic heterocycles. The maximum atomic E-state index is 5.80. The van der Waals surface area contributed by atoms with Crippen LogP contribution in [0.3, 0.4) is 0 Å². The molecule has 5 aromatic rings. The Hall–Kier alpha value is -4.66. The summed E-state index contributed by atoms with van der Waals surface area (Å²) < 4.78 is 11.6. The highest BCUT2D eigenvalue weighted by Crippen LogP contribution is 2.47. The second kappa shape index (κ2) is 55.5. The Morgan fingerprint density at radius 3 is 0.992 bits per heavy atom. The molecule has 3 heterocycles. The topological polar surface area (TPSA) is 122 Å². The van der Waals surface area contributed by atoms with Crippen LogP contribution in [0.4, 0.5) is 5.69 Å². The number of benzene rings is 5. The Morgan fingerprint density at radius 2 is 0.694 bits per heavy atom. The molecule has 124 heavy (non-hydrogen) atoms. The van der Waals surface area contributed by atoms with Gasteiger partial charge in [-0.1, -0.05) is 179 Å². The Bertz CT molecular complexity index is 3330. The van der Waals surface area contributed by atoms with Gasteiger partial charge in [0.05, 0.1) is 24.4 Å². The van der Waals surface area contributed by atoms with E-state index >= 15 is 0 Å². The summed E-state index contributed by atoms with van der Waals surface area (Å²) in [4.78, 5) is 15.2. The minimum atomic E-state index is -0.0134. The number of likely N-dealkylation sites (N-methyl/N-ethyl adjacent to an activating group) is 1. The van der Waals surface area contributed by atoms with E-state index in [0.29, 0.717) is 17.5 Å². The number of nitrogens with zero attached hydrogens (tertiary/aromatic N) is 6. The highest BCUT2D eigenvalue weighted by molar-refractivity contribution is 5.46. The van der Waals surface area contributed by atoms with Crippen molar-refractivity contribution >= 4 is 5.69 Å². The standard InChI is InChI=1S/C17H37N3O.C16H35N3O.C14H21N.C14H23N.2C13H21N.C11H17N.C9H20N2.C2H6/c1-16(2,3)15-18-7-8-19-9-11-20(12-10-19)13-14-21-17(4,5)6;1-15(2,3)17-7-8-18-9-11-19(12-10-18)13-14-20-16(4,5)6;1-11-5-7-12(8-6-11)14(9-10-14)15-13(2,3)4;1-11-7-9-12(10-8-11)14(5,6)15-13(2,3)4;2*1-10-6-8-12(9-7-10)11(2)14-13(3,4)5;1-9-5-7-10(8-6-9)12-11(2,3)4;1-4-10-5-7-11(8-6-10)9(2)3;1-2/h18H,7-15H2,1-6H3;17H,7-14H2,1-6H3;5-8,15H,9-10H2,1-4H3;7-10,15H,1-6H3;2*6-9,11,14H,1-5H3;5-8,12H,1-4H3;9H,4-8H2,1-3H3;1-2H3/t;;;;2*11-;;;/m....10.../s1. The molecule has 15 heteroatoms. The van der Waals surface area contributed by atoms with Crippen molar-refractivity contribution < 1.29 is 9.47 Å². The molecule has 714 valence electrons. The van der Waals surface area contributed by atoms with Gasteiger partial charge >= 0.3 is 0 Å². The molecule has 0 spiro atoms. The fourth-order valence-corrected chi connectivity index (χ4v) is 14.7. The second-order valence-electron chi connectivity index (χ2n) is 45.8. The van der Waals surface area contributed by atoms with Gasteiger partial charge in [0.15, 0.2) is 0 Å². The molecule has 0 amide bonds. The fraction of sp³-hybridized carbons (Fsp3) is 0.725. The van der Waals surface area contributed by atoms with Crippen LogP contribution in [-0.4, -0.2) is 224 Å². The fourth-order valence-electron chi connectivity index (χ4n) is 14.7. The quantitative estimate of drug-likeness (QED) is 0.0297. The minimum Gasteiger partial charge on any atom is -0.380 e. The number of piperazine rings is 3. The van der Waals surface area contributed by atoms with Crippen molar-refractivity contribution in [3.8, 4) is 0 Å². The average Bonchev–Trinajstić information content (AvgIpc) is 1.61. The van der Waals surface area contributed by atoms with Gasteiger partial charge in [0.25, 0.3) is 0 Å². The van der Waals surface area contributed by atoms with Gasteiger partial charge in [-0.15, -0.1) is 0 Å². The first-order chi connectivity index (χ1) is 56.9. The van der Waals surface area contributed by atoms with E-state index in [1.54, 1.807) is 0 Å². The molecule has 9 rings (SSSR count). The first kappa shape index (κ1) is 117. The number of ether oxygens (including phenoxy) is 2. The molecule has 4 fully saturated rings. The highest BCUT2D eigenvalue weighted by Gasteiger charge is 2.46. The summed E-state index contributed by atoms with van der Waals surface area (Å²) in [6, 6.07) is 45.1. The molecule has 0 bridgehead atoms. The van der Waals surface area contributed by atoms with E-state index in [2.05, 4.69) is 458 Å². The van der Waals surface area contributed by atoms with Gasteiger partial charge in [0.2, 0.25) is 0 Å². The molecule has 2 atom stereocenters. The molecule has 5 aromatic carbocycles. The first-order valence-corrected chi connectivity index (χ1v) is 48.3. The molecular formula is C109H201N13O2. The van der Waals surface area contributed by atoms with Gasteiger partial charge in [-0.25, -0.2) is 0 Å². The number of rotatable bonds is 24. The van der Waals surface area contributed by atoms with E-state index in [4.69, 9.17) is 9.47 Å². The Labute approximate surface area is 768 Å². The highest BCUT2D eigenvalue weighted by atomic mass is 16.5. The van der Waals surface area contributed by atoms with Crippen LogP contribution >= 0.6 is 0 Å². The van der Waals surface area contributed by atoms with E-state index in [1.165, 1.54) is 160 Å². The van der Waals surface area contributed by atoms with Crippen molar-refractivity contribution in [2.45, 2.75) is 370 Å². The largest absolute Gasteiger partial charge is 0.380 e. The Morgan fingerprint density at radius 1 is 0.363 bits per heavy atom. The van der Waals surface area contributed by atoms with Crippen LogP contribution in [-0.2, 0) is 20.6 Å². The van der Waals surface area contributed by atoms with Gasteiger partial charge in [-0.3, -0.25) is 24.5 Å². The Balaban J connectivity index is 0.000000712. The molecule has 15 nitrogen and oxygen atoms in total. The van der Waals surface area contributed by atoms with Crippen molar-refractivity contribution in [1.29, 1.82) is 0 Å². The zero-order valence-electron chi connectivity index (χ0n) is 88.7. The third-order valence-electron chi connectivity index (χ3n) is 21.2. The monoisotopic (exact) mass is 1720 g/mol. The SMILES string of the molecule is CC.CC(C)(C)CNCCN1CCN(CCOC(C)(C)C)CC1.CC(C)(C)NCCN1CCN(CCOC(C)(C)C)CC1.CCN1CCN(C(C)C)CC1.Cc1ccc(C(C)(C)NC(C)(C)C)cc1.Cc1ccc(C2(NC(C)(C)C)CC2)cc1.Cc1ccc(NC(C)(C)C)cc1.Cc1ccc([C@@H](C)NC(C)(C)C)cc1.Cc1ccc([C@H](C)NC(C)(C)C)cc1. The smallest absolute Gasteiger partial charge is 0.0600 e. The van der Waals surface area contributed by atoms with Crippen molar-refractivity contribution in [2.24, 2.45) is 5.41 Å². The molecule has 0 aromatic heterocycles. The lowest BCUT2D eigenvalue weighted by Crippen LogP contribution is -2.50. The van der Waals surface area contributed by atoms with Crippen molar-refractivity contribution in [3.63, 3.8) is 0 Å². The normalized spacial score (nSPS) is 16.6. The van der Waals surface area contributed by atoms with Gasteiger partial charge in [0.1, 0.15) is 0 Å². The third-order valence-corrected chi connectivity index (χ3v) is 21.2. The third kappa shape index (κ3) is 60.3. The molecule has 0 radical (unpaired) electrons.